The fraction of sp³-hybridized carbons (Fsp3) is 0.286. The van der Waals surface area contributed by atoms with Crippen LogP contribution in [0, 0.1) is 0 Å². The van der Waals surface area contributed by atoms with Gasteiger partial charge in [0.05, 0.1) is 15.5 Å². The molecule has 1 heterocycles. The summed E-state index contributed by atoms with van der Waals surface area (Å²) in [6.07, 6.45) is 2.57. The minimum Gasteiger partial charge on any atom is -0.361 e. The van der Waals surface area contributed by atoms with Crippen molar-refractivity contribution >= 4 is 38.4 Å². The molecule has 2 N–H and O–H groups in total. The van der Waals surface area contributed by atoms with E-state index in [2.05, 4.69) is 10.3 Å². The standard InChI is InChI=1S/C21H24ClN3O3S/c1-14(2)25(3)29(27,28)16-8-9-19(22)18(12-16)21(26)23-11-10-15-13-24-20-7-5-4-6-17(15)20/h4-9,12-14,24H,10-11H2,1-3H3,(H,23,26). The molecule has 1 amide bonds. The second-order valence-electron chi connectivity index (χ2n) is 7.12. The van der Waals surface area contributed by atoms with E-state index in [9.17, 15) is 13.2 Å². The monoisotopic (exact) mass is 433 g/mol. The number of nitrogens with one attached hydrogen (secondary N) is 2. The van der Waals surface area contributed by atoms with E-state index >= 15 is 0 Å². The van der Waals surface area contributed by atoms with Crippen LogP contribution in [0.4, 0.5) is 0 Å². The Hall–Kier alpha value is -2.35. The molecule has 154 valence electrons. The number of para-hydroxylation sites is 1. The average molecular weight is 434 g/mol. The Labute approximate surface area is 175 Å². The molecule has 0 fully saturated rings. The first-order valence-electron chi connectivity index (χ1n) is 9.32. The van der Waals surface area contributed by atoms with Crippen LogP contribution in [0.1, 0.15) is 29.8 Å². The van der Waals surface area contributed by atoms with E-state index in [1.54, 1.807) is 13.8 Å². The third-order valence-corrected chi connectivity index (χ3v) is 7.30. The number of carbonyl (C=O) groups is 1. The summed E-state index contributed by atoms with van der Waals surface area (Å²) in [4.78, 5) is 15.9. The molecule has 0 bridgehead atoms. The van der Waals surface area contributed by atoms with Crippen molar-refractivity contribution in [2.24, 2.45) is 0 Å². The van der Waals surface area contributed by atoms with Crippen molar-refractivity contribution in [2.75, 3.05) is 13.6 Å². The van der Waals surface area contributed by atoms with Gasteiger partial charge in [-0.15, -0.1) is 0 Å². The third-order valence-electron chi connectivity index (χ3n) is 4.94. The van der Waals surface area contributed by atoms with Crippen molar-refractivity contribution < 1.29 is 13.2 Å². The first-order valence-corrected chi connectivity index (χ1v) is 11.1. The van der Waals surface area contributed by atoms with E-state index in [1.165, 1.54) is 29.6 Å². The first-order chi connectivity index (χ1) is 13.7. The molecule has 3 rings (SSSR count). The van der Waals surface area contributed by atoms with E-state index in [1.807, 2.05) is 30.5 Å². The molecule has 1 aromatic heterocycles. The highest BCUT2D eigenvalue weighted by Gasteiger charge is 2.25. The lowest BCUT2D eigenvalue weighted by Gasteiger charge is -2.21. The zero-order valence-electron chi connectivity index (χ0n) is 16.6. The lowest BCUT2D eigenvalue weighted by atomic mass is 10.1. The molecular formula is C21H24ClN3O3S. The maximum atomic E-state index is 12.7. The van der Waals surface area contributed by atoms with Gasteiger partial charge in [0.25, 0.3) is 5.91 Å². The van der Waals surface area contributed by atoms with Gasteiger partial charge in [-0.05, 0) is 50.1 Å². The maximum absolute atomic E-state index is 12.7. The van der Waals surface area contributed by atoms with Crippen molar-refractivity contribution in [2.45, 2.75) is 31.2 Å². The molecule has 0 aliphatic heterocycles. The number of aromatic nitrogens is 1. The van der Waals surface area contributed by atoms with Gasteiger partial charge in [0, 0.05) is 36.7 Å². The number of aromatic amines is 1. The molecule has 3 aromatic rings. The van der Waals surface area contributed by atoms with E-state index in [0.717, 1.165) is 16.5 Å². The number of hydrogen-bond acceptors (Lipinski definition) is 3. The molecule has 0 atom stereocenters. The van der Waals surface area contributed by atoms with Gasteiger partial charge in [0.2, 0.25) is 10.0 Å². The number of carbonyl (C=O) groups excluding carboxylic acids is 1. The molecule has 2 aromatic carbocycles. The number of amides is 1. The Kier molecular flexibility index (Phi) is 6.31. The van der Waals surface area contributed by atoms with Crippen LogP contribution in [0.5, 0.6) is 0 Å². The van der Waals surface area contributed by atoms with Gasteiger partial charge in [-0.1, -0.05) is 29.8 Å². The SMILES string of the molecule is CC(C)N(C)S(=O)(=O)c1ccc(Cl)c(C(=O)NCCc2c[nH]c3ccccc23)c1. The number of hydrogen-bond donors (Lipinski definition) is 2. The number of nitrogens with zero attached hydrogens (tertiary/aromatic N) is 1. The molecule has 29 heavy (non-hydrogen) atoms. The van der Waals surface area contributed by atoms with E-state index < -0.39 is 15.9 Å². The van der Waals surface area contributed by atoms with Crippen molar-refractivity contribution in [1.82, 2.24) is 14.6 Å². The Morgan fingerprint density at radius 2 is 1.93 bits per heavy atom. The van der Waals surface area contributed by atoms with Gasteiger partial charge in [0.15, 0.2) is 0 Å². The summed E-state index contributed by atoms with van der Waals surface area (Å²) < 4.78 is 26.7. The Morgan fingerprint density at radius 1 is 1.21 bits per heavy atom. The predicted octanol–water partition coefficient (Wildman–Crippen LogP) is 3.82. The molecule has 6 nitrogen and oxygen atoms in total. The summed E-state index contributed by atoms with van der Waals surface area (Å²) in [5.41, 5.74) is 2.29. The van der Waals surface area contributed by atoms with Crippen molar-refractivity contribution in [3.63, 3.8) is 0 Å². The second kappa shape index (κ2) is 8.57. The normalized spacial score (nSPS) is 12.1. The molecule has 0 aliphatic carbocycles. The number of fused-ring (bicyclic) bond motifs is 1. The minimum atomic E-state index is -3.70. The lowest BCUT2D eigenvalue weighted by Crippen LogP contribution is -2.33. The summed E-state index contributed by atoms with van der Waals surface area (Å²) in [6, 6.07) is 11.9. The Bertz CT molecular complexity index is 1140. The van der Waals surface area contributed by atoms with Crippen LogP contribution in [-0.2, 0) is 16.4 Å². The van der Waals surface area contributed by atoms with Crippen molar-refractivity contribution in [3.05, 3.63) is 64.8 Å². The quantitative estimate of drug-likeness (QED) is 0.594. The molecular weight excluding hydrogens is 410 g/mol. The first kappa shape index (κ1) is 21.4. The third kappa shape index (κ3) is 4.47. The molecule has 0 spiro atoms. The Balaban J connectivity index is 1.74. The predicted molar refractivity (Wildman–Crippen MR) is 116 cm³/mol. The van der Waals surface area contributed by atoms with Gasteiger partial charge in [-0.2, -0.15) is 4.31 Å². The number of benzene rings is 2. The molecule has 0 aliphatic rings. The largest absolute Gasteiger partial charge is 0.361 e. The number of H-pyrrole nitrogens is 1. The van der Waals surface area contributed by atoms with Crippen LogP contribution >= 0.6 is 11.6 Å². The summed E-state index contributed by atoms with van der Waals surface area (Å²) >= 11 is 6.17. The van der Waals surface area contributed by atoms with Gasteiger partial charge in [-0.3, -0.25) is 4.79 Å². The van der Waals surface area contributed by atoms with Crippen LogP contribution in [0.15, 0.2) is 53.6 Å². The fourth-order valence-corrected chi connectivity index (χ4v) is 4.62. The van der Waals surface area contributed by atoms with Gasteiger partial charge in [0.1, 0.15) is 0 Å². The number of halogens is 1. The van der Waals surface area contributed by atoms with Gasteiger partial charge in [-0.25, -0.2) is 8.42 Å². The van der Waals surface area contributed by atoms with E-state index in [0.29, 0.717) is 13.0 Å². The van der Waals surface area contributed by atoms with Crippen LogP contribution in [0.25, 0.3) is 10.9 Å². The number of sulfonamides is 1. The number of rotatable bonds is 7. The topological polar surface area (TPSA) is 82.3 Å². The van der Waals surface area contributed by atoms with Crippen molar-refractivity contribution in [1.29, 1.82) is 0 Å². The van der Waals surface area contributed by atoms with Crippen molar-refractivity contribution in [3.8, 4) is 0 Å². The maximum Gasteiger partial charge on any atom is 0.252 e. The van der Waals surface area contributed by atoms with E-state index in [-0.39, 0.29) is 21.5 Å². The van der Waals surface area contributed by atoms with E-state index in [4.69, 9.17) is 11.6 Å². The van der Waals surface area contributed by atoms with Crippen LogP contribution < -0.4 is 5.32 Å². The van der Waals surface area contributed by atoms with Gasteiger partial charge < -0.3 is 10.3 Å². The highest BCUT2D eigenvalue weighted by molar-refractivity contribution is 7.89. The van der Waals surface area contributed by atoms with Crippen LogP contribution in [-0.4, -0.2) is 43.2 Å². The summed E-state index contributed by atoms with van der Waals surface area (Å²) in [5.74, 6) is -0.404. The zero-order chi connectivity index (χ0) is 21.2. The lowest BCUT2D eigenvalue weighted by molar-refractivity contribution is 0.0954. The van der Waals surface area contributed by atoms with Crippen LogP contribution in [0.2, 0.25) is 5.02 Å². The average Bonchev–Trinajstić information content (AvgIpc) is 3.10. The van der Waals surface area contributed by atoms with Crippen LogP contribution in [0.3, 0.4) is 0 Å². The second-order valence-corrected chi connectivity index (χ2v) is 9.53. The summed E-state index contributed by atoms with van der Waals surface area (Å²) in [5, 5.41) is 4.15. The molecule has 0 radical (unpaired) electrons. The minimum absolute atomic E-state index is 0.0416. The van der Waals surface area contributed by atoms with Gasteiger partial charge >= 0.3 is 0 Å². The summed E-state index contributed by atoms with van der Waals surface area (Å²) in [7, 11) is -2.19. The highest BCUT2D eigenvalue weighted by Crippen LogP contribution is 2.23. The fourth-order valence-electron chi connectivity index (χ4n) is 3.03. The zero-order valence-corrected chi connectivity index (χ0v) is 18.1. The smallest absolute Gasteiger partial charge is 0.252 e. The molecule has 0 unspecified atom stereocenters. The molecule has 0 saturated heterocycles. The summed E-state index contributed by atoms with van der Waals surface area (Å²) in [6.45, 7) is 3.97. The highest BCUT2D eigenvalue weighted by atomic mass is 35.5. The molecule has 8 heteroatoms. The molecule has 0 saturated carbocycles. The Morgan fingerprint density at radius 3 is 2.66 bits per heavy atom.